The summed E-state index contributed by atoms with van der Waals surface area (Å²) in [5.74, 6) is -0.941. The molecule has 7 nitrogen and oxygen atoms in total. The number of aliphatic carboxylic acids is 1. The second-order valence-corrected chi connectivity index (χ2v) is 4.31. The summed E-state index contributed by atoms with van der Waals surface area (Å²) in [5.41, 5.74) is 6.88. The summed E-state index contributed by atoms with van der Waals surface area (Å²) in [5, 5.41) is 20.3. The van der Waals surface area contributed by atoms with Crippen molar-refractivity contribution in [2.45, 2.75) is 12.8 Å². The number of rotatable bonds is 4. The Hall–Kier alpha value is -2.57. The molecule has 0 unspecified atom stereocenters. The molecule has 0 saturated heterocycles. The van der Waals surface area contributed by atoms with Crippen molar-refractivity contribution >= 4 is 28.2 Å². The molecule has 7 heteroatoms. The third kappa shape index (κ3) is 2.22. The smallest absolute Gasteiger partial charge is 0.303 e. The van der Waals surface area contributed by atoms with Crippen molar-refractivity contribution in [1.29, 1.82) is 0 Å². The molecule has 1 heterocycles. The maximum absolute atomic E-state index is 11.1. The second-order valence-electron chi connectivity index (χ2n) is 4.31. The van der Waals surface area contributed by atoms with Gasteiger partial charge in [-0.25, -0.2) is 0 Å². The number of nitrogens with two attached hydrogens (primary N) is 1. The molecule has 0 aliphatic rings. The summed E-state index contributed by atoms with van der Waals surface area (Å²) in [6.07, 6.45) is 1.86. The summed E-state index contributed by atoms with van der Waals surface area (Å²) in [6, 6.07) is 3.18. The molecule has 19 heavy (non-hydrogen) atoms. The van der Waals surface area contributed by atoms with Crippen LogP contribution in [0.2, 0.25) is 0 Å². The number of nitrogens with zero attached hydrogens (tertiary/aromatic N) is 2. The molecule has 100 valence electrons. The van der Waals surface area contributed by atoms with E-state index in [9.17, 15) is 14.9 Å². The maximum Gasteiger partial charge on any atom is 0.303 e. The number of fused-ring (bicyclic) bond motifs is 1. The van der Waals surface area contributed by atoms with Gasteiger partial charge in [0.25, 0.3) is 0 Å². The van der Waals surface area contributed by atoms with Crippen LogP contribution in [0.5, 0.6) is 0 Å². The van der Waals surface area contributed by atoms with Gasteiger partial charge in [0.1, 0.15) is 5.69 Å². The predicted molar refractivity (Wildman–Crippen MR) is 69.9 cm³/mol. The number of hydrogen-bond acceptors (Lipinski definition) is 4. The fourth-order valence-electron chi connectivity index (χ4n) is 2.20. The first-order chi connectivity index (χ1) is 8.91. The Balaban J connectivity index is 2.67. The molecule has 0 bridgehead atoms. The van der Waals surface area contributed by atoms with Crippen molar-refractivity contribution in [1.82, 2.24) is 4.57 Å². The third-order valence-corrected chi connectivity index (χ3v) is 3.03. The van der Waals surface area contributed by atoms with E-state index in [0.717, 1.165) is 0 Å². The number of aryl methyl sites for hydroxylation is 2. The van der Waals surface area contributed by atoms with Crippen LogP contribution in [0.15, 0.2) is 18.3 Å². The van der Waals surface area contributed by atoms with Crippen molar-refractivity contribution in [3.05, 3.63) is 34.0 Å². The van der Waals surface area contributed by atoms with Gasteiger partial charge in [-0.15, -0.1) is 0 Å². The zero-order valence-corrected chi connectivity index (χ0v) is 10.3. The Morgan fingerprint density at radius 2 is 2.21 bits per heavy atom. The lowest BCUT2D eigenvalue weighted by atomic mass is 10.1. The molecule has 1 aromatic heterocycles. The van der Waals surface area contributed by atoms with E-state index in [2.05, 4.69) is 0 Å². The molecule has 0 atom stereocenters. The highest BCUT2D eigenvalue weighted by Crippen LogP contribution is 2.35. The minimum atomic E-state index is -0.941. The molecule has 0 aliphatic heterocycles. The van der Waals surface area contributed by atoms with Crippen LogP contribution in [0.1, 0.15) is 12.0 Å². The number of hydrogen-bond donors (Lipinski definition) is 2. The molecule has 3 N–H and O–H groups in total. The number of carbonyl (C=O) groups is 1. The fourth-order valence-corrected chi connectivity index (χ4v) is 2.20. The first-order valence-corrected chi connectivity index (χ1v) is 5.64. The largest absolute Gasteiger partial charge is 0.481 e. The van der Waals surface area contributed by atoms with Gasteiger partial charge in [-0.3, -0.25) is 14.9 Å². The Morgan fingerprint density at radius 1 is 1.53 bits per heavy atom. The summed E-state index contributed by atoms with van der Waals surface area (Å²) in [7, 11) is 1.76. The first-order valence-electron chi connectivity index (χ1n) is 5.64. The van der Waals surface area contributed by atoms with Gasteiger partial charge in [-0.2, -0.15) is 0 Å². The molecule has 0 aliphatic carbocycles. The van der Waals surface area contributed by atoms with Gasteiger partial charge in [0, 0.05) is 19.7 Å². The minimum Gasteiger partial charge on any atom is -0.481 e. The van der Waals surface area contributed by atoms with Gasteiger partial charge in [0.05, 0.1) is 15.8 Å². The Labute approximate surface area is 108 Å². The number of carboxylic acids is 1. The molecule has 0 radical (unpaired) electrons. The van der Waals surface area contributed by atoms with E-state index in [1.165, 1.54) is 6.07 Å². The molecule has 0 amide bonds. The molecular formula is C12H13N3O4. The van der Waals surface area contributed by atoms with Gasteiger partial charge in [-0.1, -0.05) is 0 Å². The van der Waals surface area contributed by atoms with Crippen LogP contribution in [0.3, 0.4) is 0 Å². The average molecular weight is 263 g/mol. The Kier molecular flexibility index (Phi) is 3.12. The van der Waals surface area contributed by atoms with Crippen molar-refractivity contribution < 1.29 is 14.8 Å². The highest BCUT2D eigenvalue weighted by atomic mass is 16.6. The van der Waals surface area contributed by atoms with Crippen LogP contribution in [-0.4, -0.2) is 20.6 Å². The second kappa shape index (κ2) is 4.60. The molecule has 0 fully saturated rings. The fraction of sp³-hybridized carbons (Fsp3) is 0.250. The molecule has 1 aromatic carbocycles. The Morgan fingerprint density at radius 3 is 2.79 bits per heavy atom. The lowest BCUT2D eigenvalue weighted by Gasteiger charge is -2.02. The third-order valence-electron chi connectivity index (χ3n) is 3.03. The molecule has 2 aromatic rings. The van der Waals surface area contributed by atoms with E-state index in [1.807, 2.05) is 0 Å². The van der Waals surface area contributed by atoms with Crippen LogP contribution in [0.4, 0.5) is 11.4 Å². The average Bonchev–Trinajstić information content (AvgIpc) is 2.63. The van der Waals surface area contributed by atoms with E-state index in [1.54, 1.807) is 23.9 Å². The van der Waals surface area contributed by atoms with Crippen LogP contribution in [0, 0.1) is 10.1 Å². The highest BCUT2D eigenvalue weighted by molar-refractivity contribution is 5.97. The molecule has 0 spiro atoms. The highest BCUT2D eigenvalue weighted by Gasteiger charge is 2.22. The van der Waals surface area contributed by atoms with Crippen molar-refractivity contribution in [2.24, 2.45) is 7.05 Å². The molecule has 2 rings (SSSR count). The maximum atomic E-state index is 11.1. The van der Waals surface area contributed by atoms with Crippen molar-refractivity contribution in [3.8, 4) is 0 Å². The molecular weight excluding hydrogens is 250 g/mol. The van der Waals surface area contributed by atoms with Gasteiger partial charge in [0.2, 0.25) is 0 Å². The number of benzene rings is 1. The first kappa shape index (κ1) is 12.9. The normalized spacial score (nSPS) is 10.8. The van der Waals surface area contributed by atoms with Crippen molar-refractivity contribution in [3.63, 3.8) is 0 Å². The van der Waals surface area contributed by atoms with Crippen molar-refractivity contribution in [2.75, 3.05) is 5.73 Å². The SMILES string of the molecule is Cn1cc(CCC(=O)O)c2c([N+](=O)[O-])c(N)ccc21. The van der Waals surface area contributed by atoms with E-state index in [0.29, 0.717) is 16.5 Å². The lowest BCUT2D eigenvalue weighted by molar-refractivity contribution is -0.382. The summed E-state index contributed by atoms with van der Waals surface area (Å²) in [6.45, 7) is 0. The van der Waals surface area contributed by atoms with E-state index >= 15 is 0 Å². The van der Waals surface area contributed by atoms with Crippen LogP contribution in [0.25, 0.3) is 10.9 Å². The summed E-state index contributed by atoms with van der Waals surface area (Å²) < 4.78 is 1.74. The standard InChI is InChI=1S/C12H13N3O4/c1-14-6-7(2-5-10(16)17)11-9(14)4-3-8(13)12(11)15(18)19/h3-4,6H,2,5,13H2,1H3,(H,16,17). The van der Waals surface area contributed by atoms with E-state index in [4.69, 9.17) is 10.8 Å². The van der Waals surface area contributed by atoms with Crippen LogP contribution >= 0.6 is 0 Å². The predicted octanol–water partition coefficient (Wildman–Crippen LogP) is 1.69. The van der Waals surface area contributed by atoms with Crippen LogP contribution < -0.4 is 5.73 Å². The number of nitro groups is 1. The lowest BCUT2D eigenvalue weighted by Crippen LogP contribution is -1.99. The summed E-state index contributed by atoms with van der Waals surface area (Å²) >= 11 is 0. The number of nitrogen functional groups attached to an aromatic ring is 1. The summed E-state index contributed by atoms with van der Waals surface area (Å²) in [4.78, 5) is 21.2. The zero-order chi connectivity index (χ0) is 14.2. The van der Waals surface area contributed by atoms with Gasteiger partial charge in [0.15, 0.2) is 0 Å². The Bertz CT molecular complexity index is 675. The minimum absolute atomic E-state index is 0.0783. The van der Waals surface area contributed by atoms with Gasteiger partial charge < -0.3 is 15.4 Å². The topological polar surface area (TPSA) is 111 Å². The monoisotopic (exact) mass is 263 g/mol. The quantitative estimate of drug-likeness (QED) is 0.495. The molecule has 0 saturated carbocycles. The number of aromatic nitrogens is 1. The van der Waals surface area contributed by atoms with E-state index < -0.39 is 10.9 Å². The van der Waals surface area contributed by atoms with Crippen LogP contribution in [-0.2, 0) is 18.3 Å². The number of anilines is 1. The number of carboxylic acid groups (broad SMARTS) is 1. The number of nitro benzene ring substituents is 1. The van der Waals surface area contributed by atoms with Gasteiger partial charge >= 0.3 is 11.7 Å². The zero-order valence-electron chi connectivity index (χ0n) is 10.3. The van der Waals surface area contributed by atoms with Gasteiger partial charge in [-0.05, 0) is 24.1 Å². The van der Waals surface area contributed by atoms with E-state index in [-0.39, 0.29) is 24.2 Å².